The number of aromatic nitrogens is 2. The quantitative estimate of drug-likeness (QED) is 0.857. The van der Waals surface area contributed by atoms with Crippen LogP contribution in [0.25, 0.3) is 0 Å². The third-order valence-corrected chi connectivity index (χ3v) is 4.29. The van der Waals surface area contributed by atoms with Gasteiger partial charge in [-0.25, -0.2) is 4.79 Å². The molecular formula is C15H26N4O2. The minimum Gasteiger partial charge on any atom is -0.394 e. The molecule has 1 saturated heterocycles. The predicted molar refractivity (Wildman–Crippen MR) is 81.0 cm³/mol. The van der Waals surface area contributed by atoms with E-state index in [1.165, 1.54) is 5.69 Å². The lowest BCUT2D eigenvalue weighted by Gasteiger charge is -2.23. The van der Waals surface area contributed by atoms with Gasteiger partial charge in [-0.15, -0.1) is 0 Å². The topological polar surface area (TPSA) is 70.4 Å². The molecule has 0 aromatic carbocycles. The number of nitrogens with one attached hydrogen (secondary N) is 1. The third-order valence-electron chi connectivity index (χ3n) is 4.29. The summed E-state index contributed by atoms with van der Waals surface area (Å²) in [6.45, 7) is 5.46. The van der Waals surface area contributed by atoms with Crippen LogP contribution in [0.4, 0.5) is 4.79 Å². The number of nitrogens with zero attached hydrogens (tertiary/aromatic N) is 3. The highest BCUT2D eigenvalue weighted by atomic mass is 16.3. The van der Waals surface area contributed by atoms with E-state index in [2.05, 4.69) is 24.3 Å². The molecule has 1 aliphatic rings. The van der Waals surface area contributed by atoms with E-state index in [0.717, 1.165) is 43.5 Å². The van der Waals surface area contributed by atoms with Crippen LogP contribution >= 0.6 is 0 Å². The molecule has 0 bridgehead atoms. The molecule has 6 heteroatoms. The molecule has 1 unspecified atom stereocenters. The standard InChI is InChI=1S/C15H26N4O2/c1-4-13-12(14(5-2)18(3)17-13)9-16-15(21)19-8-6-7-11(19)10-20/h11,20H,4-10H2,1-3H3,(H,16,21). The van der Waals surface area contributed by atoms with Crippen LogP contribution in [0, 0.1) is 0 Å². The van der Waals surface area contributed by atoms with Gasteiger partial charge in [0.15, 0.2) is 0 Å². The summed E-state index contributed by atoms with van der Waals surface area (Å²) in [6.07, 6.45) is 3.61. The molecule has 6 nitrogen and oxygen atoms in total. The minimum atomic E-state index is -0.0838. The van der Waals surface area contributed by atoms with Gasteiger partial charge in [-0.2, -0.15) is 5.10 Å². The summed E-state index contributed by atoms with van der Waals surface area (Å²) in [6, 6.07) is -0.116. The lowest BCUT2D eigenvalue weighted by Crippen LogP contribution is -2.44. The van der Waals surface area contributed by atoms with Crippen LogP contribution in [0.5, 0.6) is 0 Å². The lowest BCUT2D eigenvalue weighted by molar-refractivity contribution is 0.157. The number of hydrogen-bond acceptors (Lipinski definition) is 3. The first-order chi connectivity index (χ1) is 10.1. The summed E-state index contributed by atoms with van der Waals surface area (Å²) in [7, 11) is 1.95. The highest BCUT2D eigenvalue weighted by Gasteiger charge is 2.28. The Bertz CT molecular complexity index is 498. The number of amides is 2. The number of carbonyl (C=O) groups is 1. The van der Waals surface area contributed by atoms with Gasteiger partial charge < -0.3 is 15.3 Å². The molecule has 2 rings (SSSR count). The van der Waals surface area contributed by atoms with Crippen molar-refractivity contribution in [3.63, 3.8) is 0 Å². The number of likely N-dealkylation sites (tertiary alicyclic amines) is 1. The number of aliphatic hydroxyl groups is 1. The van der Waals surface area contributed by atoms with Gasteiger partial charge in [0.25, 0.3) is 0 Å². The van der Waals surface area contributed by atoms with Crippen molar-refractivity contribution in [3.8, 4) is 0 Å². The van der Waals surface area contributed by atoms with E-state index in [-0.39, 0.29) is 18.7 Å². The largest absolute Gasteiger partial charge is 0.394 e. The molecule has 21 heavy (non-hydrogen) atoms. The van der Waals surface area contributed by atoms with Gasteiger partial charge in [0.2, 0.25) is 0 Å². The van der Waals surface area contributed by atoms with Crippen LogP contribution < -0.4 is 5.32 Å². The molecule has 1 fully saturated rings. The molecule has 0 aliphatic carbocycles. The summed E-state index contributed by atoms with van der Waals surface area (Å²) in [5.41, 5.74) is 3.36. The molecule has 2 amide bonds. The SMILES string of the molecule is CCc1nn(C)c(CC)c1CNC(=O)N1CCCC1CO. The second-order valence-corrected chi connectivity index (χ2v) is 5.53. The van der Waals surface area contributed by atoms with Gasteiger partial charge in [0, 0.05) is 31.4 Å². The maximum absolute atomic E-state index is 12.3. The van der Waals surface area contributed by atoms with Gasteiger partial charge in [0.05, 0.1) is 18.3 Å². The molecule has 1 aromatic rings. The van der Waals surface area contributed by atoms with Crippen LogP contribution in [0.3, 0.4) is 0 Å². The van der Waals surface area contributed by atoms with E-state index in [0.29, 0.717) is 6.54 Å². The average molecular weight is 294 g/mol. The highest BCUT2D eigenvalue weighted by Crippen LogP contribution is 2.18. The summed E-state index contributed by atoms with van der Waals surface area (Å²) in [5, 5.41) is 16.8. The Morgan fingerprint density at radius 3 is 2.81 bits per heavy atom. The molecule has 1 atom stereocenters. The first-order valence-corrected chi connectivity index (χ1v) is 7.81. The fraction of sp³-hybridized carbons (Fsp3) is 0.733. The van der Waals surface area contributed by atoms with Gasteiger partial charge in [-0.1, -0.05) is 13.8 Å². The van der Waals surface area contributed by atoms with Crippen LogP contribution in [-0.2, 0) is 26.4 Å². The molecule has 2 N–H and O–H groups in total. The van der Waals surface area contributed by atoms with Crippen LogP contribution in [-0.4, -0.2) is 45.0 Å². The average Bonchev–Trinajstić information content (AvgIpc) is 3.08. The van der Waals surface area contributed by atoms with Gasteiger partial charge in [0.1, 0.15) is 0 Å². The van der Waals surface area contributed by atoms with E-state index in [4.69, 9.17) is 0 Å². The zero-order valence-corrected chi connectivity index (χ0v) is 13.2. The Balaban J connectivity index is 2.04. The molecule has 2 heterocycles. The minimum absolute atomic E-state index is 0.0322. The van der Waals surface area contributed by atoms with Crippen molar-refractivity contribution >= 4 is 6.03 Å². The summed E-state index contributed by atoms with van der Waals surface area (Å²) in [4.78, 5) is 14.0. The maximum atomic E-state index is 12.3. The van der Waals surface area contributed by atoms with Crippen LogP contribution in [0.1, 0.15) is 43.6 Å². The number of urea groups is 1. The van der Waals surface area contributed by atoms with Gasteiger partial charge >= 0.3 is 6.03 Å². The first kappa shape index (κ1) is 15.8. The number of rotatable bonds is 5. The van der Waals surface area contributed by atoms with E-state index in [9.17, 15) is 9.90 Å². The highest BCUT2D eigenvalue weighted by molar-refractivity contribution is 5.75. The Labute approximate surface area is 126 Å². The van der Waals surface area contributed by atoms with Crippen molar-refractivity contribution in [2.45, 2.75) is 52.1 Å². The second-order valence-electron chi connectivity index (χ2n) is 5.53. The molecule has 1 aromatic heterocycles. The fourth-order valence-electron chi connectivity index (χ4n) is 3.15. The Hall–Kier alpha value is -1.56. The monoisotopic (exact) mass is 294 g/mol. The number of aliphatic hydroxyl groups excluding tert-OH is 1. The lowest BCUT2D eigenvalue weighted by atomic mass is 10.1. The second kappa shape index (κ2) is 6.93. The van der Waals surface area contributed by atoms with Crippen LogP contribution in [0.15, 0.2) is 0 Å². The molecule has 1 aliphatic heterocycles. The maximum Gasteiger partial charge on any atom is 0.317 e. The van der Waals surface area contributed by atoms with E-state index in [1.807, 2.05) is 11.7 Å². The number of aryl methyl sites for hydroxylation is 2. The normalized spacial score (nSPS) is 18.3. The Kier molecular flexibility index (Phi) is 5.22. The Morgan fingerprint density at radius 1 is 1.43 bits per heavy atom. The van der Waals surface area contributed by atoms with Gasteiger partial charge in [-0.05, 0) is 25.7 Å². The Morgan fingerprint density at radius 2 is 2.19 bits per heavy atom. The number of carbonyl (C=O) groups excluding carboxylic acids is 1. The smallest absolute Gasteiger partial charge is 0.317 e. The van der Waals surface area contributed by atoms with Crippen molar-refractivity contribution in [2.75, 3.05) is 13.2 Å². The molecule has 118 valence electrons. The summed E-state index contributed by atoms with van der Waals surface area (Å²) in [5.74, 6) is 0. The van der Waals surface area contributed by atoms with Crippen molar-refractivity contribution in [1.82, 2.24) is 20.0 Å². The fourth-order valence-corrected chi connectivity index (χ4v) is 3.15. The molecule has 0 saturated carbocycles. The van der Waals surface area contributed by atoms with Crippen molar-refractivity contribution < 1.29 is 9.90 Å². The van der Waals surface area contributed by atoms with Crippen molar-refractivity contribution in [1.29, 1.82) is 0 Å². The van der Waals surface area contributed by atoms with E-state index < -0.39 is 0 Å². The molecule has 0 spiro atoms. The van der Waals surface area contributed by atoms with E-state index >= 15 is 0 Å². The zero-order chi connectivity index (χ0) is 15.4. The van der Waals surface area contributed by atoms with Crippen LogP contribution in [0.2, 0.25) is 0 Å². The summed E-state index contributed by atoms with van der Waals surface area (Å²) < 4.78 is 1.91. The predicted octanol–water partition coefficient (Wildman–Crippen LogP) is 1.21. The zero-order valence-electron chi connectivity index (χ0n) is 13.2. The summed E-state index contributed by atoms with van der Waals surface area (Å²) >= 11 is 0. The number of hydrogen-bond donors (Lipinski definition) is 2. The van der Waals surface area contributed by atoms with Gasteiger partial charge in [-0.3, -0.25) is 4.68 Å². The van der Waals surface area contributed by atoms with E-state index in [1.54, 1.807) is 4.90 Å². The first-order valence-electron chi connectivity index (χ1n) is 7.81. The molecular weight excluding hydrogens is 268 g/mol. The molecule has 0 radical (unpaired) electrons. The van der Waals surface area contributed by atoms with Crippen molar-refractivity contribution in [3.05, 3.63) is 17.0 Å². The third kappa shape index (κ3) is 3.20. The van der Waals surface area contributed by atoms with Crippen molar-refractivity contribution in [2.24, 2.45) is 7.05 Å².